The van der Waals surface area contributed by atoms with Gasteiger partial charge in [0.25, 0.3) is 5.91 Å². The molecule has 3 aromatic carbocycles. The first-order valence-corrected chi connectivity index (χ1v) is 12.7. The van der Waals surface area contributed by atoms with Crippen molar-refractivity contribution in [3.8, 4) is 11.5 Å². The third kappa shape index (κ3) is 6.17. The molecule has 0 aliphatic heterocycles. The van der Waals surface area contributed by atoms with E-state index < -0.39 is 0 Å². The number of rotatable bonds is 11. The molecule has 1 heterocycles. The van der Waals surface area contributed by atoms with Crippen LogP contribution in [0.1, 0.15) is 35.5 Å². The van der Waals surface area contributed by atoms with Crippen molar-refractivity contribution in [3.63, 3.8) is 0 Å². The minimum Gasteiger partial charge on any atom is -0.493 e. The lowest BCUT2D eigenvalue weighted by atomic mass is 10.0. The van der Waals surface area contributed by atoms with Gasteiger partial charge in [-0.2, -0.15) is 0 Å². The molecule has 2 amide bonds. The maximum atomic E-state index is 13.7. The standard InChI is InChI=1S/C31H34N2O5/c1-22(2)33(31(35)27-13-7-10-24-9-5-6-12-26(24)27)21-30(34)32(20-25-11-8-18-38-25)17-16-23-14-15-28(36-3)29(19-23)37-4/h5-15,18-19,22H,16-17,20-21H2,1-4H3. The summed E-state index contributed by atoms with van der Waals surface area (Å²) in [5.41, 5.74) is 1.60. The van der Waals surface area contributed by atoms with E-state index in [0.29, 0.717) is 42.3 Å². The number of furan rings is 1. The van der Waals surface area contributed by atoms with Gasteiger partial charge in [0, 0.05) is 18.2 Å². The van der Waals surface area contributed by atoms with Crippen LogP contribution in [-0.4, -0.2) is 55.0 Å². The van der Waals surface area contributed by atoms with Gasteiger partial charge in [0.1, 0.15) is 12.3 Å². The number of carbonyl (C=O) groups is 2. The number of nitrogens with zero attached hydrogens (tertiary/aromatic N) is 2. The Bertz CT molecular complexity index is 1380. The van der Waals surface area contributed by atoms with E-state index in [4.69, 9.17) is 13.9 Å². The monoisotopic (exact) mass is 514 g/mol. The zero-order valence-corrected chi connectivity index (χ0v) is 22.3. The van der Waals surface area contributed by atoms with Crippen molar-refractivity contribution < 1.29 is 23.5 Å². The predicted molar refractivity (Wildman–Crippen MR) is 147 cm³/mol. The van der Waals surface area contributed by atoms with Crippen LogP contribution in [0, 0.1) is 0 Å². The summed E-state index contributed by atoms with van der Waals surface area (Å²) < 4.78 is 16.3. The summed E-state index contributed by atoms with van der Waals surface area (Å²) in [4.78, 5) is 30.7. The summed E-state index contributed by atoms with van der Waals surface area (Å²) in [6.07, 6.45) is 2.20. The fourth-order valence-corrected chi connectivity index (χ4v) is 4.48. The Hall–Kier alpha value is -4.26. The van der Waals surface area contributed by atoms with Crippen molar-refractivity contribution in [2.45, 2.75) is 32.9 Å². The summed E-state index contributed by atoms with van der Waals surface area (Å²) >= 11 is 0. The van der Waals surface area contributed by atoms with E-state index in [9.17, 15) is 9.59 Å². The highest BCUT2D eigenvalue weighted by Gasteiger charge is 2.26. The number of benzene rings is 3. The molecule has 38 heavy (non-hydrogen) atoms. The van der Waals surface area contributed by atoms with E-state index in [2.05, 4.69) is 0 Å². The Balaban J connectivity index is 1.55. The molecule has 7 heteroatoms. The number of amides is 2. The molecule has 0 bridgehead atoms. The molecule has 4 aromatic rings. The average Bonchev–Trinajstić information content (AvgIpc) is 3.46. The molecule has 0 N–H and O–H groups in total. The Morgan fingerprint density at radius 2 is 1.66 bits per heavy atom. The van der Waals surface area contributed by atoms with E-state index in [1.165, 1.54) is 0 Å². The topological polar surface area (TPSA) is 72.2 Å². The second-order valence-corrected chi connectivity index (χ2v) is 9.39. The molecule has 0 unspecified atom stereocenters. The van der Waals surface area contributed by atoms with E-state index in [0.717, 1.165) is 16.3 Å². The SMILES string of the molecule is COc1ccc(CCN(Cc2ccco2)C(=O)CN(C(=O)c2cccc3ccccc23)C(C)C)cc1OC. The second kappa shape index (κ2) is 12.3. The summed E-state index contributed by atoms with van der Waals surface area (Å²) in [6, 6.07) is 22.7. The maximum absolute atomic E-state index is 13.7. The highest BCUT2D eigenvalue weighted by molar-refractivity contribution is 6.07. The average molecular weight is 515 g/mol. The summed E-state index contributed by atoms with van der Waals surface area (Å²) in [5, 5.41) is 1.86. The largest absolute Gasteiger partial charge is 0.493 e. The van der Waals surface area contributed by atoms with Crippen LogP contribution in [0.3, 0.4) is 0 Å². The third-order valence-corrected chi connectivity index (χ3v) is 6.61. The molecule has 0 fully saturated rings. The van der Waals surface area contributed by atoms with Gasteiger partial charge in [-0.3, -0.25) is 9.59 Å². The van der Waals surface area contributed by atoms with Crippen molar-refractivity contribution in [1.82, 2.24) is 9.80 Å². The van der Waals surface area contributed by atoms with Crippen LogP contribution in [0.2, 0.25) is 0 Å². The number of carbonyl (C=O) groups excluding carboxylic acids is 2. The summed E-state index contributed by atoms with van der Waals surface area (Å²) in [6.45, 7) is 4.58. The highest BCUT2D eigenvalue weighted by Crippen LogP contribution is 2.28. The highest BCUT2D eigenvalue weighted by atomic mass is 16.5. The van der Waals surface area contributed by atoms with E-state index in [-0.39, 0.29) is 24.4 Å². The van der Waals surface area contributed by atoms with Crippen molar-refractivity contribution in [3.05, 3.63) is 95.9 Å². The molecule has 0 atom stereocenters. The maximum Gasteiger partial charge on any atom is 0.255 e. The van der Waals surface area contributed by atoms with Crippen molar-refractivity contribution in [1.29, 1.82) is 0 Å². The fraction of sp³-hybridized carbons (Fsp3) is 0.290. The molecule has 0 aliphatic rings. The molecule has 0 saturated carbocycles. The van der Waals surface area contributed by atoms with Gasteiger partial charge in [0.15, 0.2) is 11.5 Å². The van der Waals surface area contributed by atoms with E-state index in [1.54, 1.807) is 36.3 Å². The lowest BCUT2D eigenvalue weighted by Gasteiger charge is -2.30. The van der Waals surface area contributed by atoms with Crippen LogP contribution in [-0.2, 0) is 17.8 Å². The van der Waals surface area contributed by atoms with Crippen molar-refractivity contribution >= 4 is 22.6 Å². The lowest BCUT2D eigenvalue weighted by Crippen LogP contribution is -2.46. The molecular weight excluding hydrogens is 480 g/mol. The van der Waals surface area contributed by atoms with E-state index in [1.807, 2.05) is 80.6 Å². The molecule has 4 rings (SSSR count). The van der Waals surface area contributed by atoms with Crippen LogP contribution < -0.4 is 9.47 Å². The molecule has 0 spiro atoms. The first kappa shape index (κ1) is 26.8. The zero-order valence-electron chi connectivity index (χ0n) is 22.3. The predicted octanol–water partition coefficient (Wildman–Crippen LogP) is 5.57. The normalized spacial score (nSPS) is 11.0. The molecule has 198 valence electrons. The fourth-order valence-electron chi connectivity index (χ4n) is 4.48. The van der Waals surface area contributed by atoms with Gasteiger partial charge in [0.05, 0.1) is 27.0 Å². The first-order valence-electron chi connectivity index (χ1n) is 12.7. The minimum atomic E-state index is -0.165. The van der Waals surface area contributed by atoms with Gasteiger partial charge in [-0.15, -0.1) is 0 Å². The second-order valence-electron chi connectivity index (χ2n) is 9.39. The molecule has 1 aromatic heterocycles. The number of ether oxygens (including phenoxy) is 2. The van der Waals surface area contributed by atoms with Gasteiger partial charge in [0.2, 0.25) is 5.91 Å². The quantitative estimate of drug-likeness (QED) is 0.262. The van der Waals surface area contributed by atoms with Crippen LogP contribution in [0.25, 0.3) is 10.8 Å². The molecule has 0 radical (unpaired) electrons. The Labute approximate surface area is 223 Å². The number of methoxy groups -OCH3 is 2. The van der Waals surface area contributed by atoms with Crippen LogP contribution in [0.4, 0.5) is 0 Å². The lowest BCUT2D eigenvalue weighted by molar-refractivity contribution is -0.133. The molecule has 0 saturated heterocycles. The number of hydrogen-bond acceptors (Lipinski definition) is 5. The summed E-state index contributed by atoms with van der Waals surface area (Å²) in [7, 11) is 3.20. The Kier molecular flexibility index (Phi) is 8.69. The summed E-state index contributed by atoms with van der Waals surface area (Å²) in [5.74, 6) is 1.66. The van der Waals surface area contributed by atoms with Crippen LogP contribution in [0.15, 0.2) is 83.5 Å². The van der Waals surface area contributed by atoms with Gasteiger partial charge < -0.3 is 23.7 Å². The smallest absolute Gasteiger partial charge is 0.255 e. The van der Waals surface area contributed by atoms with Gasteiger partial charge >= 0.3 is 0 Å². The number of hydrogen-bond donors (Lipinski definition) is 0. The van der Waals surface area contributed by atoms with E-state index >= 15 is 0 Å². The minimum absolute atomic E-state index is 0.0354. The Morgan fingerprint density at radius 1 is 0.895 bits per heavy atom. The van der Waals surface area contributed by atoms with Crippen molar-refractivity contribution in [2.24, 2.45) is 0 Å². The third-order valence-electron chi connectivity index (χ3n) is 6.61. The van der Waals surface area contributed by atoms with Crippen LogP contribution >= 0.6 is 0 Å². The Morgan fingerprint density at radius 3 is 2.37 bits per heavy atom. The zero-order chi connectivity index (χ0) is 27.1. The first-order chi connectivity index (χ1) is 18.4. The molecule has 0 aliphatic carbocycles. The van der Waals surface area contributed by atoms with Crippen molar-refractivity contribution in [2.75, 3.05) is 27.3 Å². The van der Waals surface area contributed by atoms with Gasteiger partial charge in [-0.05, 0) is 66.9 Å². The number of fused-ring (bicyclic) bond motifs is 1. The molecule has 7 nitrogen and oxygen atoms in total. The van der Waals surface area contributed by atoms with Gasteiger partial charge in [-0.1, -0.05) is 42.5 Å². The molecular formula is C31H34N2O5. The van der Waals surface area contributed by atoms with Crippen LogP contribution in [0.5, 0.6) is 11.5 Å². The van der Waals surface area contributed by atoms with Gasteiger partial charge in [-0.25, -0.2) is 0 Å².